The maximum atomic E-state index is 5.55. The van der Waals surface area contributed by atoms with Crippen LogP contribution < -0.4 is 15.2 Å². The van der Waals surface area contributed by atoms with Gasteiger partial charge in [-0.25, -0.2) is 0 Å². The molecule has 0 saturated carbocycles. The monoisotopic (exact) mass is 225 g/mol. The van der Waals surface area contributed by atoms with E-state index in [-0.39, 0.29) is 6.10 Å². The maximum absolute atomic E-state index is 5.55. The second-order valence-corrected chi connectivity index (χ2v) is 3.30. The second-order valence-electron chi connectivity index (χ2n) is 3.30. The molecule has 1 atom stereocenters. The van der Waals surface area contributed by atoms with Crippen molar-refractivity contribution in [2.24, 2.45) is 5.73 Å². The first-order chi connectivity index (χ1) is 7.80. The van der Waals surface area contributed by atoms with Crippen LogP contribution >= 0.6 is 0 Å². The van der Waals surface area contributed by atoms with Gasteiger partial charge in [0, 0.05) is 13.2 Å². The Labute approximate surface area is 96.3 Å². The molecule has 0 aliphatic heterocycles. The molecule has 1 aromatic carbocycles. The molecule has 0 amide bonds. The fourth-order valence-electron chi connectivity index (χ4n) is 1.28. The van der Waals surface area contributed by atoms with E-state index < -0.39 is 0 Å². The van der Waals surface area contributed by atoms with E-state index in [0.717, 1.165) is 11.5 Å². The summed E-state index contributed by atoms with van der Waals surface area (Å²) in [6, 6.07) is 7.43. The van der Waals surface area contributed by atoms with Gasteiger partial charge in [-0.15, -0.1) is 0 Å². The Kier molecular flexibility index (Phi) is 5.67. The topological polar surface area (TPSA) is 53.7 Å². The van der Waals surface area contributed by atoms with E-state index >= 15 is 0 Å². The van der Waals surface area contributed by atoms with Crippen LogP contribution in [0.15, 0.2) is 24.3 Å². The van der Waals surface area contributed by atoms with E-state index in [1.54, 1.807) is 7.11 Å². The van der Waals surface area contributed by atoms with Crippen LogP contribution in [0.5, 0.6) is 11.5 Å². The Balaban J connectivity index is 2.40. The van der Waals surface area contributed by atoms with E-state index in [0.29, 0.717) is 19.8 Å². The number of hydrogen-bond acceptors (Lipinski definition) is 4. The first-order valence-electron chi connectivity index (χ1n) is 5.38. The maximum Gasteiger partial charge on any atom is 0.119 e. The van der Waals surface area contributed by atoms with E-state index in [1.165, 1.54) is 0 Å². The van der Waals surface area contributed by atoms with Gasteiger partial charge in [-0.05, 0) is 31.2 Å². The molecule has 16 heavy (non-hydrogen) atoms. The van der Waals surface area contributed by atoms with Crippen molar-refractivity contribution >= 4 is 0 Å². The Bertz CT molecular complexity index is 287. The molecule has 1 unspecified atom stereocenters. The van der Waals surface area contributed by atoms with Gasteiger partial charge in [0.05, 0.1) is 7.11 Å². The molecule has 0 radical (unpaired) electrons. The van der Waals surface area contributed by atoms with Crippen molar-refractivity contribution in [3.63, 3.8) is 0 Å². The van der Waals surface area contributed by atoms with Crippen LogP contribution in [0.4, 0.5) is 0 Å². The highest BCUT2D eigenvalue weighted by atomic mass is 16.5. The number of rotatable bonds is 7. The molecule has 0 heterocycles. The average Bonchev–Trinajstić information content (AvgIpc) is 2.35. The lowest BCUT2D eigenvalue weighted by atomic mass is 10.3. The van der Waals surface area contributed by atoms with Crippen LogP contribution in [0.2, 0.25) is 0 Å². The van der Waals surface area contributed by atoms with Crippen LogP contribution in [0.25, 0.3) is 0 Å². The summed E-state index contributed by atoms with van der Waals surface area (Å²) in [4.78, 5) is 0. The van der Waals surface area contributed by atoms with Gasteiger partial charge in [0.2, 0.25) is 0 Å². The predicted molar refractivity (Wildman–Crippen MR) is 63.0 cm³/mol. The fraction of sp³-hybridized carbons (Fsp3) is 0.500. The molecular formula is C12H19NO3. The highest BCUT2D eigenvalue weighted by molar-refractivity contribution is 5.31. The zero-order valence-corrected chi connectivity index (χ0v) is 9.81. The molecule has 0 spiro atoms. The Morgan fingerprint density at radius 1 is 1.19 bits per heavy atom. The van der Waals surface area contributed by atoms with Crippen molar-refractivity contribution < 1.29 is 14.2 Å². The molecule has 0 fully saturated rings. The summed E-state index contributed by atoms with van der Waals surface area (Å²) in [5.74, 6) is 1.60. The third kappa shape index (κ3) is 4.08. The van der Waals surface area contributed by atoms with Crippen molar-refractivity contribution in [1.82, 2.24) is 0 Å². The minimum absolute atomic E-state index is 0.0490. The molecule has 0 bridgehead atoms. The fourth-order valence-corrected chi connectivity index (χ4v) is 1.28. The van der Waals surface area contributed by atoms with Crippen LogP contribution in [0.3, 0.4) is 0 Å². The third-order valence-electron chi connectivity index (χ3n) is 2.16. The molecule has 0 aliphatic rings. The number of methoxy groups -OCH3 is 1. The molecule has 4 nitrogen and oxygen atoms in total. The summed E-state index contributed by atoms with van der Waals surface area (Å²) in [5.41, 5.74) is 5.54. The van der Waals surface area contributed by atoms with Crippen molar-refractivity contribution in [2.45, 2.75) is 13.0 Å². The van der Waals surface area contributed by atoms with E-state index in [4.69, 9.17) is 19.9 Å². The molecule has 2 N–H and O–H groups in total. The molecule has 1 aromatic rings. The number of benzene rings is 1. The lowest BCUT2D eigenvalue weighted by molar-refractivity contribution is 0.0337. The van der Waals surface area contributed by atoms with E-state index in [2.05, 4.69) is 0 Å². The molecule has 4 heteroatoms. The highest BCUT2D eigenvalue weighted by Crippen LogP contribution is 2.17. The minimum Gasteiger partial charge on any atom is -0.497 e. The standard InChI is InChI=1S/C12H19NO3/c1-3-15-12(8-13)9-16-11-6-4-10(14-2)5-7-11/h4-7,12H,3,8-9,13H2,1-2H3. The number of nitrogens with two attached hydrogens (primary N) is 1. The molecule has 0 aliphatic carbocycles. The molecular weight excluding hydrogens is 206 g/mol. The first-order valence-corrected chi connectivity index (χ1v) is 5.38. The minimum atomic E-state index is -0.0490. The van der Waals surface area contributed by atoms with Gasteiger partial charge in [0.15, 0.2) is 0 Å². The van der Waals surface area contributed by atoms with Crippen LogP contribution in [-0.4, -0.2) is 33.0 Å². The SMILES string of the molecule is CCOC(CN)COc1ccc(OC)cc1. The average molecular weight is 225 g/mol. The van der Waals surface area contributed by atoms with Crippen molar-refractivity contribution in [2.75, 3.05) is 26.9 Å². The van der Waals surface area contributed by atoms with Crippen LogP contribution in [-0.2, 0) is 4.74 Å². The summed E-state index contributed by atoms with van der Waals surface area (Å²) in [5, 5.41) is 0. The Hall–Kier alpha value is -1.26. The van der Waals surface area contributed by atoms with Crippen LogP contribution in [0.1, 0.15) is 6.92 Å². The first kappa shape index (κ1) is 12.8. The summed E-state index contributed by atoms with van der Waals surface area (Å²) < 4.78 is 16.0. The van der Waals surface area contributed by atoms with Gasteiger partial charge in [0.25, 0.3) is 0 Å². The highest BCUT2D eigenvalue weighted by Gasteiger charge is 2.06. The van der Waals surface area contributed by atoms with Crippen molar-refractivity contribution in [3.8, 4) is 11.5 Å². The summed E-state index contributed by atoms with van der Waals surface area (Å²) >= 11 is 0. The quantitative estimate of drug-likeness (QED) is 0.763. The largest absolute Gasteiger partial charge is 0.497 e. The van der Waals surface area contributed by atoms with Crippen LogP contribution in [0, 0.1) is 0 Å². The van der Waals surface area contributed by atoms with Gasteiger partial charge in [-0.2, -0.15) is 0 Å². The normalized spacial score (nSPS) is 12.2. The van der Waals surface area contributed by atoms with Gasteiger partial charge in [0.1, 0.15) is 24.2 Å². The van der Waals surface area contributed by atoms with Gasteiger partial charge in [-0.1, -0.05) is 0 Å². The predicted octanol–water partition coefficient (Wildman–Crippen LogP) is 1.44. The van der Waals surface area contributed by atoms with E-state index in [9.17, 15) is 0 Å². The van der Waals surface area contributed by atoms with Crippen molar-refractivity contribution in [1.29, 1.82) is 0 Å². The third-order valence-corrected chi connectivity index (χ3v) is 2.16. The number of ether oxygens (including phenoxy) is 3. The zero-order valence-electron chi connectivity index (χ0n) is 9.81. The molecule has 0 saturated heterocycles. The Morgan fingerprint density at radius 3 is 2.31 bits per heavy atom. The zero-order chi connectivity index (χ0) is 11.8. The van der Waals surface area contributed by atoms with Gasteiger partial charge in [-0.3, -0.25) is 0 Å². The molecule has 90 valence electrons. The summed E-state index contributed by atoms with van der Waals surface area (Å²) in [6.07, 6.45) is -0.0490. The Morgan fingerprint density at radius 2 is 1.81 bits per heavy atom. The molecule has 0 aromatic heterocycles. The lowest BCUT2D eigenvalue weighted by Crippen LogP contribution is -2.30. The van der Waals surface area contributed by atoms with E-state index in [1.807, 2.05) is 31.2 Å². The second kappa shape index (κ2) is 7.09. The van der Waals surface area contributed by atoms with Crippen molar-refractivity contribution in [3.05, 3.63) is 24.3 Å². The number of hydrogen-bond donors (Lipinski definition) is 1. The van der Waals surface area contributed by atoms with Gasteiger partial charge < -0.3 is 19.9 Å². The summed E-state index contributed by atoms with van der Waals surface area (Å²) in [7, 11) is 1.63. The lowest BCUT2D eigenvalue weighted by Gasteiger charge is -2.15. The smallest absolute Gasteiger partial charge is 0.119 e. The summed E-state index contributed by atoms with van der Waals surface area (Å²) in [6.45, 7) is 3.52. The van der Waals surface area contributed by atoms with Gasteiger partial charge >= 0.3 is 0 Å². The molecule has 1 rings (SSSR count).